The Hall–Kier alpha value is -3.11. The van der Waals surface area contributed by atoms with Crippen molar-refractivity contribution >= 4 is 5.91 Å². The van der Waals surface area contributed by atoms with E-state index >= 15 is 0 Å². The SMILES string of the molecule is CNC(=O)c1ccc(CN[C@@H](c2ccccc2)c2ccc(OC)cc2)cc1. The molecular weight excluding hydrogens is 336 g/mol. The first kappa shape index (κ1) is 18.7. The molecule has 0 saturated heterocycles. The van der Waals surface area contributed by atoms with Gasteiger partial charge in [-0.3, -0.25) is 4.79 Å². The lowest BCUT2D eigenvalue weighted by molar-refractivity contribution is 0.0963. The van der Waals surface area contributed by atoms with E-state index < -0.39 is 0 Å². The molecule has 138 valence electrons. The van der Waals surface area contributed by atoms with E-state index in [-0.39, 0.29) is 11.9 Å². The smallest absolute Gasteiger partial charge is 0.251 e. The molecule has 3 rings (SSSR count). The largest absolute Gasteiger partial charge is 0.497 e. The second-order valence-electron chi connectivity index (χ2n) is 6.27. The molecule has 0 heterocycles. The predicted molar refractivity (Wildman–Crippen MR) is 108 cm³/mol. The molecule has 0 radical (unpaired) electrons. The molecule has 27 heavy (non-hydrogen) atoms. The summed E-state index contributed by atoms with van der Waals surface area (Å²) in [5.41, 5.74) is 4.15. The monoisotopic (exact) mass is 360 g/mol. The number of amides is 1. The topological polar surface area (TPSA) is 50.4 Å². The van der Waals surface area contributed by atoms with Crippen LogP contribution in [0.3, 0.4) is 0 Å². The van der Waals surface area contributed by atoms with Crippen LogP contribution in [0.2, 0.25) is 0 Å². The van der Waals surface area contributed by atoms with Crippen molar-refractivity contribution in [2.45, 2.75) is 12.6 Å². The maximum Gasteiger partial charge on any atom is 0.251 e. The number of nitrogens with one attached hydrogen (secondary N) is 2. The van der Waals surface area contributed by atoms with E-state index in [1.165, 1.54) is 11.1 Å². The number of rotatable bonds is 7. The van der Waals surface area contributed by atoms with Gasteiger partial charge in [0.05, 0.1) is 13.2 Å². The van der Waals surface area contributed by atoms with Crippen LogP contribution >= 0.6 is 0 Å². The Bertz CT molecular complexity index is 859. The van der Waals surface area contributed by atoms with Crippen LogP contribution in [0.4, 0.5) is 0 Å². The summed E-state index contributed by atoms with van der Waals surface area (Å²) in [6.07, 6.45) is 0. The number of hydrogen-bond donors (Lipinski definition) is 2. The van der Waals surface area contributed by atoms with E-state index in [4.69, 9.17) is 4.74 Å². The van der Waals surface area contributed by atoms with Crippen LogP contribution in [0.5, 0.6) is 5.75 Å². The minimum atomic E-state index is -0.0742. The summed E-state index contributed by atoms with van der Waals surface area (Å²) in [5.74, 6) is 0.769. The molecule has 3 aromatic rings. The molecule has 0 unspecified atom stereocenters. The van der Waals surface area contributed by atoms with Crippen LogP contribution in [0, 0.1) is 0 Å². The number of carbonyl (C=O) groups excluding carboxylic acids is 1. The van der Waals surface area contributed by atoms with Crippen LogP contribution in [0.25, 0.3) is 0 Å². The van der Waals surface area contributed by atoms with E-state index in [0.29, 0.717) is 12.1 Å². The summed E-state index contributed by atoms with van der Waals surface area (Å²) in [4.78, 5) is 11.7. The van der Waals surface area contributed by atoms with E-state index in [2.05, 4.69) is 34.9 Å². The quantitative estimate of drug-likeness (QED) is 0.671. The van der Waals surface area contributed by atoms with E-state index in [9.17, 15) is 4.79 Å². The number of ether oxygens (including phenoxy) is 1. The molecule has 0 aliphatic heterocycles. The van der Waals surface area contributed by atoms with Gasteiger partial charge in [0.2, 0.25) is 0 Å². The highest BCUT2D eigenvalue weighted by Gasteiger charge is 2.14. The second-order valence-corrected chi connectivity index (χ2v) is 6.27. The zero-order chi connectivity index (χ0) is 19.1. The molecule has 0 aliphatic rings. The average Bonchev–Trinajstić information content (AvgIpc) is 2.75. The summed E-state index contributed by atoms with van der Waals surface area (Å²) in [7, 11) is 3.31. The molecule has 2 N–H and O–H groups in total. The van der Waals surface area contributed by atoms with Gasteiger partial charge < -0.3 is 15.4 Å². The summed E-state index contributed by atoms with van der Waals surface area (Å²) in [5, 5.41) is 6.27. The third kappa shape index (κ3) is 4.74. The van der Waals surface area contributed by atoms with Gasteiger partial charge in [0.15, 0.2) is 0 Å². The highest BCUT2D eigenvalue weighted by molar-refractivity contribution is 5.93. The molecule has 0 fully saturated rings. The third-order valence-corrected chi connectivity index (χ3v) is 4.54. The van der Waals surface area contributed by atoms with Gasteiger partial charge in [-0.25, -0.2) is 0 Å². The molecule has 4 nitrogen and oxygen atoms in total. The van der Waals surface area contributed by atoms with Crippen molar-refractivity contribution in [1.29, 1.82) is 0 Å². The molecule has 0 aromatic heterocycles. The summed E-state index contributed by atoms with van der Waals surface area (Å²) < 4.78 is 5.27. The number of hydrogen-bond acceptors (Lipinski definition) is 3. The zero-order valence-electron chi connectivity index (χ0n) is 15.6. The molecule has 0 spiro atoms. The Balaban J connectivity index is 1.78. The van der Waals surface area contributed by atoms with Crippen molar-refractivity contribution in [3.05, 3.63) is 101 Å². The Kier molecular flexibility index (Phi) is 6.23. The fourth-order valence-electron chi connectivity index (χ4n) is 3.01. The molecule has 0 aliphatic carbocycles. The van der Waals surface area contributed by atoms with Crippen LogP contribution in [-0.4, -0.2) is 20.1 Å². The van der Waals surface area contributed by atoms with Gasteiger partial charge in [-0.15, -0.1) is 0 Å². The fraction of sp³-hybridized carbons (Fsp3) is 0.174. The average molecular weight is 360 g/mol. The lowest BCUT2D eigenvalue weighted by Crippen LogP contribution is -2.22. The van der Waals surface area contributed by atoms with Gasteiger partial charge in [0.25, 0.3) is 5.91 Å². The Labute approximate surface area is 160 Å². The van der Waals surface area contributed by atoms with Crippen molar-refractivity contribution in [3.8, 4) is 5.75 Å². The van der Waals surface area contributed by atoms with Crippen LogP contribution < -0.4 is 15.4 Å². The molecule has 4 heteroatoms. The van der Waals surface area contributed by atoms with Crippen LogP contribution in [0.1, 0.15) is 33.1 Å². The van der Waals surface area contributed by atoms with Gasteiger partial charge in [-0.2, -0.15) is 0 Å². The first-order chi connectivity index (χ1) is 13.2. The highest BCUT2D eigenvalue weighted by atomic mass is 16.5. The number of benzene rings is 3. The molecule has 0 saturated carbocycles. The minimum Gasteiger partial charge on any atom is -0.497 e. The second kappa shape index (κ2) is 9.01. The van der Waals surface area contributed by atoms with E-state index in [1.807, 2.05) is 54.6 Å². The number of carbonyl (C=O) groups is 1. The Morgan fingerprint density at radius 3 is 2.11 bits per heavy atom. The third-order valence-electron chi connectivity index (χ3n) is 4.54. The van der Waals surface area contributed by atoms with Gasteiger partial charge >= 0.3 is 0 Å². The van der Waals surface area contributed by atoms with Crippen molar-refractivity contribution < 1.29 is 9.53 Å². The molecular formula is C23H24N2O2. The molecule has 0 bridgehead atoms. The normalized spacial score (nSPS) is 11.6. The maximum absolute atomic E-state index is 11.7. The molecule has 1 atom stereocenters. The first-order valence-electron chi connectivity index (χ1n) is 8.94. The predicted octanol–water partition coefficient (Wildman–Crippen LogP) is 3.93. The summed E-state index contributed by atoms with van der Waals surface area (Å²) in [6.45, 7) is 0.694. The standard InChI is InChI=1S/C23H24N2O2/c1-24-23(26)20-10-8-17(9-11-20)16-25-22(18-6-4-3-5-7-18)19-12-14-21(27-2)15-13-19/h3-15,22,25H,16H2,1-2H3,(H,24,26)/t22-/m0/s1. The zero-order valence-corrected chi connectivity index (χ0v) is 15.6. The Morgan fingerprint density at radius 2 is 1.52 bits per heavy atom. The van der Waals surface area contributed by atoms with E-state index in [1.54, 1.807) is 14.2 Å². The van der Waals surface area contributed by atoms with Crippen molar-refractivity contribution in [3.63, 3.8) is 0 Å². The summed E-state index contributed by atoms with van der Waals surface area (Å²) >= 11 is 0. The fourth-order valence-corrected chi connectivity index (χ4v) is 3.01. The van der Waals surface area contributed by atoms with Crippen molar-refractivity contribution in [2.75, 3.05) is 14.2 Å². The lowest BCUT2D eigenvalue weighted by atomic mass is 9.98. The minimum absolute atomic E-state index is 0.0655. The van der Waals surface area contributed by atoms with Crippen LogP contribution in [-0.2, 0) is 6.54 Å². The van der Waals surface area contributed by atoms with E-state index in [0.717, 1.165) is 11.3 Å². The highest BCUT2D eigenvalue weighted by Crippen LogP contribution is 2.24. The van der Waals surface area contributed by atoms with Gasteiger partial charge in [-0.1, -0.05) is 54.6 Å². The maximum atomic E-state index is 11.7. The van der Waals surface area contributed by atoms with Gasteiger partial charge in [-0.05, 0) is 41.0 Å². The first-order valence-corrected chi connectivity index (χ1v) is 8.94. The van der Waals surface area contributed by atoms with Crippen molar-refractivity contribution in [1.82, 2.24) is 10.6 Å². The molecule has 1 amide bonds. The number of methoxy groups -OCH3 is 1. The Morgan fingerprint density at radius 1 is 0.889 bits per heavy atom. The van der Waals surface area contributed by atoms with Crippen molar-refractivity contribution in [2.24, 2.45) is 0 Å². The van der Waals surface area contributed by atoms with Gasteiger partial charge in [0, 0.05) is 19.2 Å². The van der Waals surface area contributed by atoms with Crippen LogP contribution in [0.15, 0.2) is 78.9 Å². The summed E-state index contributed by atoms with van der Waals surface area (Å²) in [6, 6.07) is 26.2. The van der Waals surface area contributed by atoms with Gasteiger partial charge in [0.1, 0.15) is 5.75 Å². The molecule has 3 aromatic carbocycles. The lowest BCUT2D eigenvalue weighted by Gasteiger charge is -2.20.